The fraction of sp³-hybridized carbons (Fsp3) is 0.143. The van der Waals surface area contributed by atoms with Gasteiger partial charge in [-0.25, -0.2) is 14.2 Å². The van der Waals surface area contributed by atoms with E-state index in [1.807, 2.05) is 5.32 Å². The van der Waals surface area contributed by atoms with E-state index in [4.69, 9.17) is 4.74 Å². The Labute approximate surface area is 183 Å². The third kappa shape index (κ3) is 5.91. The number of amides is 2. The number of nitrogens with zero attached hydrogens (tertiary/aromatic N) is 1. The highest BCUT2D eigenvalue weighted by molar-refractivity contribution is 7.17. The van der Waals surface area contributed by atoms with E-state index in [2.05, 4.69) is 9.72 Å². The zero-order valence-corrected chi connectivity index (χ0v) is 17.3. The van der Waals surface area contributed by atoms with Crippen LogP contribution in [0.5, 0.6) is 5.75 Å². The lowest BCUT2D eigenvalue weighted by Crippen LogP contribution is -2.34. The van der Waals surface area contributed by atoms with Gasteiger partial charge in [-0.3, -0.25) is 14.9 Å². The summed E-state index contributed by atoms with van der Waals surface area (Å²) in [6.45, 7) is -2.13. The van der Waals surface area contributed by atoms with Gasteiger partial charge in [-0.05, 0) is 55.5 Å². The average Bonchev–Trinajstić information content (AvgIpc) is 3.14. The number of alkyl halides is 2. The van der Waals surface area contributed by atoms with Gasteiger partial charge in [-0.1, -0.05) is 0 Å². The molecular formula is C21H15F3N2O5S. The maximum atomic E-state index is 13.1. The molecule has 0 spiro atoms. The summed E-state index contributed by atoms with van der Waals surface area (Å²) in [7, 11) is 0. The normalized spacial score (nSPS) is 10.7. The summed E-state index contributed by atoms with van der Waals surface area (Å²) >= 11 is 1.02. The van der Waals surface area contributed by atoms with Crippen molar-refractivity contribution in [3.63, 3.8) is 0 Å². The molecular weight excluding hydrogens is 449 g/mol. The van der Waals surface area contributed by atoms with Gasteiger partial charge >= 0.3 is 12.6 Å². The minimum Gasteiger partial charge on any atom is -0.451 e. The molecule has 32 heavy (non-hydrogen) atoms. The molecule has 0 aliphatic rings. The number of hydrogen-bond acceptors (Lipinski definition) is 7. The van der Waals surface area contributed by atoms with Crippen molar-refractivity contribution < 1.29 is 37.0 Å². The van der Waals surface area contributed by atoms with Gasteiger partial charge in [0.25, 0.3) is 11.8 Å². The summed E-state index contributed by atoms with van der Waals surface area (Å²) in [6.07, 6.45) is 0. The third-order valence-corrected chi connectivity index (χ3v) is 5.19. The largest absolute Gasteiger partial charge is 0.451 e. The second-order valence-corrected chi connectivity index (χ2v) is 7.30. The van der Waals surface area contributed by atoms with Crippen molar-refractivity contribution in [2.45, 2.75) is 13.5 Å². The number of aromatic nitrogens is 1. The first-order valence-corrected chi connectivity index (χ1v) is 9.84. The van der Waals surface area contributed by atoms with Crippen LogP contribution < -0.4 is 10.1 Å². The molecule has 0 atom stereocenters. The molecule has 0 saturated carbocycles. The van der Waals surface area contributed by atoms with E-state index < -0.39 is 36.8 Å². The van der Waals surface area contributed by atoms with Crippen molar-refractivity contribution in [1.82, 2.24) is 10.3 Å². The van der Waals surface area contributed by atoms with Crippen LogP contribution in [0.25, 0.3) is 10.6 Å². The Kier molecular flexibility index (Phi) is 7.21. The summed E-state index contributed by atoms with van der Waals surface area (Å²) in [4.78, 5) is 40.7. The second kappa shape index (κ2) is 10.1. The highest BCUT2D eigenvalue weighted by Crippen LogP contribution is 2.28. The van der Waals surface area contributed by atoms with Crippen LogP contribution >= 0.6 is 11.3 Å². The highest BCUT2D eigenvalue weighted by Gasteiger charge is 2.20. The number of rotatable bonds is 7. The van der Waals surface area contributed by atoms with Crippen LogP contribution in [-0.2, 0) is 9.53 Å². The summed E-state index contributed by atoms with van der Waals surface area (Å²) in [5.74, 6) is -3.03. The summed E-state index contributed by atoms with van der Waals surface area (Å²) in [6, 6.07) is 10.3. The summed E-state index contributed by atoms with van der Waals surface area (Å²) < 4.78 is 46.5. The predicted molar refractivity (Wildman–Crippen MR) is 108 cm³/mol. The lowest BCUT2D eigenvalue weighted by molar-refractivity contribution is -0.123. The quantitative estimate of drug-likeness (QED) is 0.532. The van der Waals surface area contributed by atoms with Crippen LogP contribution in [0.1, 0.15) is 25.7 Å². The number of carbonyl (C=O) groups excluding carboxylic acids is 3. The van der Waals surface area contributed by atoms with E-state index in [1.54, 1.807) is 6.92 Å². The van der Waals surface area contributed by atoms with Crippen LogP contribution in [0, 0.1) is 12.7 Å². The average molecular weight is 464 g/mol. The van der Waals surface area contributed by atoms with E-state index in [-0.39, 0.29) is 16.2 Å². The Balaban J connectivity index is 1.55. The lowest BCUT2D eigenvalue weighted by atomic mass is 10.2. The Morgan fingerprint density at radius 1 is 1.06 bits per heavy atom. The molecule has 2 aromatic carbocycles. The number of benzene rings is 2. The molecule has 0 fully saturated rings. The SMILES string of the molecule is Cc1nc(-c2ccc(F)cc2)sc1C(=O)OCC(=O)NC(=O)c1ccc(OC(F)F)cc1. The number of aryl methyl sites for hydroxylation is 1. The van der Waals surface area contributed by atoms with Crippen molar-refractivity contribution in [1.29, 1.82) is 0 Å². The van der Waals surface area contributed by atoms with Gasteiger partial charge in [-0.15, -0.1) is 11.3 Å². The lowest BCUT2D eigenvalue weighted by Gasteiger charge is -2.07. The van der Waals surface area contributed by atoms with E-state index in [0.29, 0.717) is 16.3 Å². The minimum atomic E-state index is -3.00. The van der Waals surface area contributed by atoms with Gasteiger partial charge in [0, 0.05) is 11.1 Å². The zero-order chi connectivity index (χ0) is 23.3. The first kappa shape index (κ1) is 22.9. The predicted octanol–water partition coefficient (Wildman–Crippen LogP) is 3.97. The molecule has 3 rings (SSSR count). The van der Waals surface area contributed by atoms with Gasteiger partial charge in [0.15, 0.2) is 6.61 Å². The number of nitrogens with one attached hydrogen (secondary N) is 1. The highest BCUT2D eigenvalue weighted by atomic mass is 32.1. The minimum absolute atomic E-state index is 0.0218. The van der Waals surface area contributed by atoms with Crippen molar-refractivity contribution in [3.05, 3.63) is 70.5 Å². The number of thiazole rings is 1. The fourth-order valence-corrected chi connectivity index (χ4v) is 3.49. The molecule has 0 aliphatic carbocycles. The molecule has 0 unspecified atom stereocenters. The summed E-state index contributed by atoms with van der Waals surface area (Å²) in [5.41, 5.74) is 1.02. The fourth-order valence-electron chi connectivity index (χ4n) is 2.52. The van der Waals surface area contributed by atoms with Crippen LogP contribution in [-0.4, -0.2) is 36.0 Å². The molecule has 2 amide bonds. The third-order valence-electron chi connectivity index (χ3n) is 4.00. The van der Waals surface area contributed by atoms with Crippen molar-refractivity contribution >= 4 is 29.1 Å². The van der Waals surface area contributed by atoms with Crippen molar-refractivity contribution in [2.75, 3.05) is 6.61 Å². The number of ether oxygens (including phenoxy) is 2. The number of hydrogen-bond donors (Lipinski definition) is 1. The standard InChI is InChI=1S/C21H15F3N2O5S/c1-11-17(32-19(25-11)13-2-6-14(22)7-3-13)20(29)30-10-16(27)26-18(28)12-4-8-15(9-5-12)31-21(23)24/h2-9,21H,10H2,1H3,(H,26,27,28). The van der Waals surface area contributed by atoms with Gasteiger partial charge in [0.2, 0.25) is 0 Å². The van der Waals surface area contributed by atoms with Crippen LogP contribution in [0.3, 0.4) is 0 Å². The van der Waals surface area contributed by atoms with Crippen LogP contribution in [0.2, 0.25) is 0 Å². The Hall–Kier alpha value is -3.73. The zero-order valence-electron chi connectivity index (χ0n) is 16.4. The van der Waals surface area contributed by atoms with Crippen molar-refractivity contribution in [3.8, 4) is 16.3 Å². The number of imide groups is 1. The first-order chi connectivity index (χ1) is 15.2. The maximum Gasteiger partial charge on any atom is 0.387 e. The van der Waals surface area contributed by atoms with Gasteiger partial charge < -0.3 is 9.47 Å². The molecule has 0 radical (unpaired) electrons. The second-order valence-electron chi connectivity index (χ2n) is 6.30. The van der Waals surface area contributed by atoms with E-state index in [0.717, 1.165) is 23.5 Å². The smallest absolute Gasteiger partial charge is 0.387 e. The molecule has 0 aliphatic heterocycles. The molecule has 3 aromatic rings. The van der Waals surface area contributed by atoms with E-state index >= 15 is 0 Å². The maximum absolute atomic E-state index is 13.1. The monoisotopic (exact) mass is 464 g/mol. The molecule has 0 saturated heterocycles. The molecule has 166 valence electrons. The van der Waals surface area contributed by atoms with Crippen LogP contribution in [0.15, 0.2) is 48.5 Å². The van der Waals surface area contributed by atoms with E-state index in [9.17, 15) is 27.6 Å². The first-order valence-electron chi connectivity index (χ1n) is 9.02. The Morgan fingerprint density at radius 3 is 2.34 bits per heavy atom. The van der Waals surface area contributed by atoms with Gasteiger partial charge in [-0.2, -0.15) is 8.78 Å². The van der Waals surface area contributed by atoms with Crippen molar-refractivity contribution in [2.24, 2.45) is 0 Å². The summed E-state index contributed by atoms with van der Waals surface area (Å²) in [5, 5.41) is 2.50. The molecule has 1 heterocycles. The number of esters is 1. The number of carbonyl (C=O) groups is 3. The van der Waals surface area contributed by atoms with Gasteiger partial charge in [0.1, 0.15) is 21.5 Å². The van der Waals surface area contributed by atoms with Gasteiger partial charge in [0.05, 0.1) is 5.69 Å². The molecule has 1 aromatic heterocycles. The Bertz CT molecular complexity index is 1130. The number of halogens is 3. The Morgan fingerprint density at radius 2 is 1.72 bits per heavy atom. The molecule has 0 bridgehead atoms. The topological polar surface area (TPSA) is 94.6 Å². The van der Waals surface area contributed by atoms with Crippen LogP contribution in [0.4, 0.5) is 13.2 Å². The molecule has 1 N–H and O–H groups in total. The molecule has 7 nitrogen and oxygen atoms in total. The van der Waals surface area contributed by atoms with E-state index in [1.165, 1.54) is 36.4 Å². The molecule has 11 heteroatoms.